The highest BCUT2D eigenvalue weighted by molar-refractivity contribution is 4.81. The van der Waals surface area contributed by atoms with Crippen LogP contribution in [0.25, 0.3) is 0 Å². The van der Waals surface area contributed by atoms with Crippen LogP contribution < -0.4 is 0 Å². The van der Waals surface area contributed by atoms with E-state index in [4.69, 9.17) is 0 Å². The number of nitrogens with zero attached hydrogens (tertiary/aromatic N) is 1. The highest BCUT2D eigenvalue weighted by atomic mass is 19.4. The second-order valence-electron chi connectivity index (χ2n) is 4.86. The van der Waals surface area contributed by atoms with Crippen LogP contribution in [0.4, 0.5) is 13.2 Å². The summed E-state index contributed by atoms with van der Waals surface area (Å²) in [5, 5.41) is 9.72. The Morgan fingerprint density at radius 1 is 1.29 bits per heavy atom. The van der Waals surface area contributed by atoms with Crippen molar-refractivity contribution in [3.8, 4) is 0 Å². The molecule has 1 saturated heterocycles. The van der Waals surface area contributed by atoms with E-state index in [0.29, 0.717) is 6.42 Å². The number of ether oxygens (including phenoxy) is 1. The van der Waals surface area contributed by atoms with Gasteiger partial charge in [0.1, 0.15) is 6.61 Å². The normalized spacial score (nSPS) is 21.7. The third-order valence-electron chi connectivity index (χ3n) is 2.96. The molecule has 0 radical (unpaired) electrons. The largest absolute Gasteiger partial charge is 0.411 e. The molecule has 0 unspecified atom stereocenters. The SMILES string of the molecule is CC1(O)CCN(CCCOCC(F)(F)F)CC1. The van der Waals surface area contributed by atoms with E-state index in [1.807, 2.05) is 6.92 Å². The van der Waals surface area contributed by atoms with E-state index in [1.54, 1.807) is 0 Å². The van der Waals surface area contributed by atoms with Crippen LogP contribution in [0.5, 0.6) is 0 Å². The average Bonchev–Trinajstić information content (AvgIpc) is 2.18. The summed E-state index contributed by atoms with van der Waals surface area (Å²) in [7, 11) is 0. The minimum absolute atomic E-state index is 0.131. The van der Waals surface area contributed by atoms with Crippen molar-refractivity contribution >= 4 is 0 Å². The highest BCUT2D eigenvalue weighted by Crippen LogP contribution is 2.21. The van der Waals surface area contributed by atoms with Gasteiger partial charge in [-0.3, -0.25) is 0 Å². The van der Waals surface area contributed by atoms with Crippen molar-refractivity contribution in [2.45, 2.75) is 38.0 Å². The van der Waals surface area contributed by atoms with Gasteiger partial charge in [0.15, 0.2) is 0 Å². The number of hydrogen-bond donors (Lipinski definition) is 1. The fourth-order valence-corrected chi connectivity index (χ4v) is 1.84. The molecule has 102 valence electrons. The van der Waals surface area contributed by atoms with Crippen LogP contribution in [0, 0.1) is 0 Å². The molecule has 1 fully saturated rings. The Morgan fingerprint density at radius 2 is 1.88 bits per heavy atom. The van der Waals surface area contributed by atoms with Crippen molar-refractivity contribution in [3.63, 3.8) is 0 Å². The molecule has 0 aliphatic carbocycles. The lowest BCUT2D eigenvalue weighted by molar-refractivity contribution is -0.174. The molecule has 1 heterocycles. The zero-order chi connectivity index (χ0) is 12.9. The van der Waals surface area contributed by atoms with Gasteiger partial charge in [0, 0.05) is 26.2 Å². The molecule has 0 saturated carbocycles. The Kier molecular flexibility index (Phi) is 5.22. The van der Waals surface area contributed by atoms with Gasteiger partial charge in [0.2, 0.25) is 0 Å². The van der Waals surface area contributed by atoms with E-state index in [0.717, 1.165) is 32.5 Å². The van der Waals surface area contributed by atoms with Crippen LogP contribution in [-0.2, 0) is 4.74 Å². The van der Waals surface area contributed by atoms with Crippen molar-refractivity contribution in [1.82, 2.24) is 4.90 Å². The quantitative estimate of drug-likeness (QED) is 0.760. The fourth-order valence-electron chi connectivity index (χ4n) is 1.84. The van der Waals surface area contributed by atoms with Gasteiger partial charge in [0.05, 0.1) is 5.60 Å². The number of hydrogen-bond acceptors (Lipinski definition) is 3. The van der Waals surface area contributed by atoms with Gasteiger partial charge in [-0.25, -0.2) is 0 Å². The van der Waals surface area contributed by atoms with E-state index >= 15 is 0 Å². The van der Waals surface area contributed by atoms with E-state index in [9.17, 15) is 18.3 Å². The summed E-state index contributed by atoms with van der Waals surface area (Å²) in [6, 6.07) is 0. The molecule has 17 heavy (non-hydrogen) atoms. The summed E-state index contributed by atoms with van der Waals surface area (Å²) in [5.41, 5.74) is -0.580. The summed E-state index contributed by atoms with van der Waals surface area (Å²) >= 11 is 0. The predicted molar refractivity (Wildman–Crippen MR) is 57.8 cm³/mol. The third kappa shape index (κ3) is 6.85. The van der Waals surface area contributed by atoms with Crippen LogP contribution >= 0.6 is 0 Å². The van der Waals surface area contributed by atoms with Crippen molar-refractivity contribution in [2.75, 3.05) is 32.8 Å². The second-order valence-corrected chi connectivity index (χ2v) is 4.86. The molecule has 0 bridgehead atoms. The number of aliphatic hydroxyl groups is 1. The van der Waals surface area contributed by atoms with Gasteiger partial charge >= 0.3 is 6.18 Å². The molecule has 1 rings (SSSR count). The van der Waals surface area contributed by atoms with Crippen LogP contribution in [0.1, 0.15) is 26.2 Å². The first-order chi connectivity index (χ1) is 7.79. The van der Waals surface area contributed by atoms with Crippen molar-refractivity contribution in [2.24, 2.45) is 0 Å². The Hall–Kier alpha value is -0.330. The van der Waals surface area contributed by atoms with Gasteiger partial charge in [-0.1, -0.05) is 0 Å². The Bertz CT molecular complexity index is 221. The molecule has 0 aromatic rings. The number of piperidine rings is 1. The number of halogens is 3. The number of rotatable bonds is 5. The van der Waals surface area contributed by atoms with E-state index in [1.165, 1.54) is 0 Å². The summed E-state index contributed by atoms with van der Waals surface area (Å²) in [6.45, 7) is 3.11. The predicted octanol–water partition coefficient (Wildman–Crippen LogP) is 1.80. The minimum atomic E-state index is -4.23. The first kappa shape index (κ1) is 14.7. The zero-order valence-electron chi connectivity index (χ0n) is 10.1. The molecule has 0 amide bonds. The van der Waals surface area contributed by atoms with E-state index < -0.39 is 18.4 Å². The molecule has 6 heteroatoms. The molecule has 3 nitrogen and oxygen atoms in total. The topological polar surface area (TPSA) is 32.7 Å². The second kappa shape index (κ2) is 6.02. The lowest BCUT2D eigenvalue weighted by Crippen LogP contribution is -2.42. The maximum atomic E-state index is 11.8. The van der Waals surface area contributed by atoms with Crippen LogP contribution in [-0.4, -0.2) is 54.6 Å². The van der Waals surface area contributed by atoms with Gasteiger partial charge in [-0.15, -0.1) is 0 Å². The van der Waals surface area contributed by atoms with Crippen molar-refractivity contribution < 1.29 is 23.0 Å². The zero-order valence-corrected chi connectivity index (χ0v) is 10.1. The Morgan fingerprint density at radius 3 is 2.41 bits per heavy atom. The summed E-state index contributed by atoms with van der Waals surface area (Å²) < 4.78 is 39.8. The standard InChI is InChI=1S/C11H20F3NO2/c1-10(16)3-6-15(7-4-10)5-2-8-17-9-11(12,13)14/h16H,2-9H2,1H3. The smallest absolute Gasteiger partial charge is 0.390 e. The lowest BCUT2D eigenvalue weighted by Gasteiger charge is -2.35. The van der Waals surface area contributed by atoms with Gasteiger partial charge < -0.3 is 14.7 Å². The Balaban J connectivity index is 2.01. The molecule has 1 aliphatic heterocycles. The molecular formula is C11H20F3NO2. The molecule has 0 spiro atoms. The van der Waals surface area contributed by atoms with Crippen molar-refractivity contribution in [3.05, 3.63) is 0 Å². The molecule has 1 N–H and O–H groups in total. The summed E-state index contributed by atoms with van der Waals surface area (Å²) in [5.74, 6) is 0. The fraction of sp³-hybridized carbons (Fsp3) is 1.00. The highest BCUT2D eigenvalue weighted by Gasteiger charge is 2.28. The summed E-state index contributed by atoms with van der Waals surface area (Å²) in [4.78, 5) is 2.15. The van der Waals surface area contributed by atoms with E-state index in [-0.39, 0.29) is 6.61 Å². The number of alkyl halides is 3. The summed E-state index contributed by atoms with van der Waals surface area (Å²) in [6.07, 6.45) is -2.20. The van der Waals surface area contributed by atoms with Gasteiger partial charge in [-0.2, -0.15) is 13.2 Å². The maximum Gasteiger partial charge on any atom is 0.411 e. The first-order valence-electron chi connectivity index (χ1n) is 5.88. The monoisotopic (exact) mass is 255 g/mol. The van der Waals surface area contributed by atoms with Gasteiger partial charge in [-0.05, 0) is 26.2 Å². The maximum absolute atomic E-state index is 11.8. The van der Waals surface area contributed by atoms with Crippen LogP contribution in [0.3, 0.4) is 0 Å². The molecule has 1 aliphatic rings. The molecule has 0 aromatic heterocycles. The first-order valence-corrected chi connectivity index (χ1v) is 5.88. The molecule has 0 aromatic carbocycles. The molecule has 0 atom stereocenters. The number of likely N-dealkylation sites (tertiary alicyclic amines) is 1. The third-order valence-corrected chi connectivity index (χ3v) is 2.96. The molecular weight excluding hydrogens is 235 g/mol. The average molecular weight is 255 g/mol. The minimum Gasteiger partial charge on any atom is -0.390 e. The van der Waals surface area contributed by atoms with Crippen LogP contribution in [0.15, 0.2) is 0 Å². The van der Waals surface area contributed by atoms with Crippen molar-refractivity contribution in [1.29, 1.82) is 0 Å². The van der Waals surface area contributed by atoms with E-state index in [2.05, 4.69) is 9.64 Å². The Labute approximate surface area is 99.5 Å². The van der Waals surface area contributed by atoms with Crippen LogP contribution in [0.2, 0.25) is 0 Å². The van der Waals surface area contributed by atoms with Gasteiger partial charge in [0.25, 0.3) is 0 Å². The lowest BCUT2D eigenvalue weighted by atomic mass is 9.94.